The van der Waals surface area contributed by atoms with Crippen molar-refractivity contribution in [1.29, 1.82) is 0 Å². The molecule has 0 aliphatic rings. The van der Waals surface area contributed by atoms with Crippen LogP contribution in [0.5, 0.6) is 0 Å². The molecule has 0 bridgehead atoms. The van der Waals surface area contributed by atoms with E-state index in [1.807, 2.05) is 0 Å². The predicted molar refractivity (Wildman–Crippen MR) is 217 cm³/mol. The van der Waals surface area contributed by atoms with Crippen molar-refractivity contribution in [2.45, 2.75) is 0 Å². The Labute approximate surface area is 298 Å². The molecular weight excluding hydrogens is 633 g/mol. The molecule has 4 heteroatoms. The topological polar surface area (TPSA) is 19.7 Å². The Kier molecular flexibility index (Phi) is 5.47. The maximum absolute atomic E-state index is 2.45. The van der Waals surface area contributed by atoms with Crippen LogP contribution in [0.4, 0.5) is 0 Å². The van der Waals surface area contributed by atoms with Crippen LogP contribution in [-0.2, 0) is 0 Å². The van der Waals surface area contributed by atoms with Gasteiger partial charge in [0.25, 0.3) is 0 Å². The molecule has 0 aliphatic carbocycles. The van der Waals surface area contributed by atoms with Crippen LogP contribution in [0, 0.1) is 0 Å². The van der Waals surface area contributed by atoms with E-state index in [0.29, 0.717) is 0 Å². The van der Waals surface area contributed by atoms with E-state index in [2.05, 4.69) is 200 Å². The minimum absolute atomic E-state index is 1.15. The van der Waals surface area contributed by atoms with Gasteiger partial charge in [-0.05, 0) is 84.9 Å². The second-order valence-electron chi connectivity index (χ2n) is 13.8. The minimum Gasteiger partial charge on any atom is -0.309 e. The molecular formula is C48H30N4. The summed E-state index contributed by atoms with van der Waals surface area (Å²) in [5.74, 6) is 0. The lowest BCUT2D eigenvalue weighted by atomic mass is 10.1. The summed E-state index contributed by atoms with van der Waals surface area (Å²) in [6, 6.07) is 66.3. The van der Waals surface area contributed by atoms with Gasteiger partial charge in [-0.1, -0.05) is 97.1 Å². The summed E-state index contributed by atoms with van der Waals surface area (Å²) in [5.41, 5.74) is 14.3. The smallest absolute Gasteiger partial charge is 0.0563 e. The molecule has 12 aromatic rings. The van der Waals surface area contributed by atoms with Crippen LogP contribution in [0.3, 0.4) is 0 Å². The van der Waals surface area contributed by atoms with E-state index in [1.54, 1.807) is 0 Å². The van der Waals surface area contributed by atoms with Gasteiger partial charge in [-0.2, -0.15) is 0 Å². The molecule has 0 radical (unpaired) electrons. The molecule has 0 saturated heterocycles. The summed E-state index contributed by atoms with van der Waals surface area (Å²) < 4.78 is 9.70. The van der Waals surface area contributed by atoms with Crippen molar-refractivity contribution in [2.75, 3.05) is 0 Å². The van der Waals surface area contributed by atoms with Crippen LogP contribution in [0.15, 0.2) is 182 Å². The minimum atomic E-state index is 1.15. The molecule has 4 nitrogen and oxygen atoms in total. The second-order valence-corrected chi connectivity index (χ2v) is 13.8. The van der Waals surface area contributed by atoms with E-state index in [-0.39, 0.29) is 0 Å². The summed E-state index contributed by atoms with van der Waals surface area (Å²) in [4.78, 5) is 0. The van der Waals surface area contributed by atoms with Crippen LogP contribution in [0.1, 0.15) is 0 Å². The molecule has 0 fully saturated rings. The van der Waals surface area contributed by atoms with Crippen LogP contribution in [0.2, 0.25) is 0 Å². The molecule has 0 spiro atoms. The molecule has 4 heterocycles. The Morgan fingerprint density at radius 3 is 1.08 bits per heavy atom. The number of aromatic nitrogens is 4. The highest BCUT2D eigenvalue weighted by Gasteiger charge is 2.23. The highest BCUT2D eigenvalue weighted by molar-refractivity contribution is 6.25. The standard InChI is InChI=1S/C48H30N4/c1-2-13-31(14-3-1)49-39-20-7-6-19-37(39)38-28-27-34(30-46(38)49)52-44-25-11-23-42-47(44)48-43(24-12-26-45(48)52)51(42)33-16-10-15-32(29-33)50-40-21-8-4-17-35(40)36-18-5-9-22-41(36)50/h1-30H. The molecule has 0 aliphatic heterocycles. The van der Waals surface area contributed by atoms with Gasteiger partial charge in [0.1, 0.15) is 0 Å². The Morgan fingerprint density at radius 2 is 0.558 bits per heavy atom. The Bertz CT molecular complexity index is 3230. The molecule has 0 saturated carbocycles. The molecule has 0 amide bonds. The Balaban J connectivity index is 1.09. The Morgan fingerprint density at radius 1 is 0.212 bits per heavy atom. The number of hydrogen-bond donors (Lipinski definition) is 0. The number of benzene rings is 8. The fourth-order valence-electron chi connectivity index (χ4n) is 9.06. The maximum Gasteiger partial charge on any atom is 0.0563 e. The Hall–Kier alpha value is -7.04. The largest absolute Gasteiger partial charge is 0.309 e. The zero-order valence-corrected chi connectivity index (χ0v) is 28.1. The lowest BCUT2D eigenvalue weighted by Gasteiger charge is -2.15. The van der Waals surface area contributed by atoms with Gasteiger partial charge in [-0.25, -0.2) is 0 Å². The fourth-order valence-corrected chi connectivity index (χ4v) is 9.06. The van der Waals surface area contributed by atoms with Gasteiger partial charge in [0.15, 0.2) is 0 Å². The van der Waals surface area contributed by atoms with Gasteiger partial charge in [0.2, 0.25) is 0 Å². The normalized spacial score (nSPS) is 12.2. The highest BCUT2D eigenvalue weighted by atomic mass is 15.1. The van der Waals surface area contributed by atoms with E-state index in [9.17, 15) is 0 Å². The first-order chi connectivity index (χ1) is 25.8. The van der Waals surface area contributed by atoms with Crippen molar-refractivity contribution >= 4 is 76.5 Å². The summed E-state index contributed by atoms with van der Waals surface area (Å²) in [7, 11) is 0. The number of para-hydroxylation sites is 4. The third kappa shape index (κ3) is 3.60. The number of hydrogen-bond acceptors (Lipinski definition) is 0. The third-order valence-electron chi connectivity index (χ3n) is 11.1. The fraction of sp³-hybridized carbons (Fsp3) is 0. The van der Waals surface area contributed by atoms with E-state index in [4.69, 9.17) is 0 Å². The summed E-state index contributed by atoms with van der Waals surface area (Å²) in [6.45, 7) is 0. The molecule has 0 N–H and O–H groups in total. The zero-order chi connectivity index (χ0) is 33.9. The SMILES string of the molecule is c1ccc(-n2c3ccccc3c3ccc(-n4c5cccc6c5c5c(cccc54)n6-c4cccc(-n5c6ccccc6c6ccccc65)c4)cc32)cc1. The summed E-state index contributed by atoms with van der Waals surface area (Å²) in [5, 5.41) is 7.64. The van der Waals surface area contributed by atoms with Crippen molar-refractivity contribution in [3.8, 4) is 22.7 Å². The molecule has 8 aromatic carbocycles. The van der Waals surface area contributed by atoms with Crippen molar-refractivity contribution in [1.82, 2.24) is 18.3 Å². The summed E-state index contributed by atoms with van der Waals surface area (Å²) >= 11 is 0. The van der Waals surface area contributed by atoms with Crippen molar-refractivity contribution in [2.24, 2.45) is 0 Å². The lowest BCUT2D eigenvalue weighted by Crippen LogP contribution is -2.00. The lowest BCUT2D eigenvalue weighted by molar-refractivity contribution is 1.13. The number of nitrogens with zero attached hydrogens (tertiary/aromatic N) is 4. The quantitative estimate of drug-likeness (QED) is 0.179. The van der Waals surface area contributed by atoms with Crippen LogP contribution >= 0.6 is 0 Å². The van der Waals surface area contributed by atoms with Crippen molar-refractivity contribution < 1.29 is 0 Å². The van der Waals surface area contributed by atoms with Gasteiger partial charge in [-0.3, -0.25) is 0 Å². The van der Waals surface area contributed by atoms with E-state index in [0.717, 1.165) is 22.7 Å². The van der Waals surface area contributed by atoms with Crippen LogP contribution in [0.25, 0.3) is 99.2 Å². The first-order valence-electron chi connectivity index (χ1n) is 17.9. The number of fused-ring (bicyclic) bond motifs is 6. The van der Waals surface area contributed by atoms with Gasteiger partial charge >= 0.3 is 0 Å². The predicted octanol–water partition coefficient (Wildman–Crippen LogP) is 12.4. The molecule has 242 valence electrons. The first-order valence-corrected chi connectivity index (χ1v) is 17.9. The van der Waals surface area contributed by atoms with E-state index in [1.165, 1.54) is 76.5 Å². The van der Waals surface area contributed by atoms with Gasteiger partial charge < -0.3 is 18.3 Å². The molecule has 4 aromatic heterocycles. The van der Waals surface area contributed by atoms with Crippen LogP contribution < -0.4 is 0 Å². The van der Waals surface area contributed by atoms with Crippen molar-refractivity contribution in [3.63, 3.8) is 0 Å². The van der Waals surface area contributed by atoms with E-state index >= 15 is 0 Å². The van der Waals surface area contributed by atoms with E-state index < -0.39 is 0 Å². The molecule has 12 rings (SSSR count). The molecule has 0 unspecified atom stereocenters. The van der Waals surface area contributed by atoms with Gasteiger partial charge in [-0.15, -0.1) is 0 Å². The molecule has 52 heavy (non-hydrogen) atoms. The second kappa shape index (κ2) is 10.3. The van der Waals surface area contributed by atoms with Gasteiger partial charge in [0.05, 0.1) is 44.1 Å². The van der Waals surface area contributed by atoms with Crippen LogP contribution in [-0.4, -0.2) is 18.3 Å². The summed E-state index contributed by atoms with van der Waals surface area (Å²) in [6.07, 6.45) is 0. The van der Waals surface area contributed by atoms with Crippen molar-refractivity contribution in [3.05, 3.63) is 182 Å². The molecule has 0 atom stereocenters. The van der Waals surface area contributed by atoms with Gasteiger partial charge in [0, 0.05) is 55.1 Å². The average Bonchev–Trinajstić information content (AvgIpc) is 3.93. The third-order valence-corrected chi connectivity index (χ3v) is 11.1. The first kappa shape index (κ1) is 27.7. The monoisotopic (exact) mass is 662 g/mol. The highest BCUT2D eigenvalue weighted by Crippen LogP contribution is 2.43. The number of rotatable bonds is 4. The maximum atomic E-state index is 2.45. The average molecular weight is 663 g/mol. The zero-order valence-electron chi connectivity index (χ0n) is 28.1.